The molecule has 108 valence electrons. The van der Waals surface area contributed by atoms with Crippen LogP contribution in [0, 0.1) is 10.8 Å². The third kappa shape index (κ3) is 2.20. The molecule has 0 atom stereocenters. The maximum absolute atomic E-state index is 12.9. The first-order valence-corrected chi connectivity index (χ1v) is 8.07. The van der Waals surface area contributed by atoms with Crippen LogP contribution in [0.5, 0.6) is 0 Å². The molecule has 3 heteroatoms. The van der Waals surface area contributed by atoms with E-state index in [4.69, 9.17) is 0 Å². The summed E-state index contributed by atoms with van der Waals surface area (Å²) in [4.78, 5) is 17.4. The molecule has 0 aromatic carbocycles. The molecule has 4 aliphatic rings. The van der Waals surface area contributed by atoms with E-state index in [9.17, 15) is 4.79 Å². The molecule has 0 radical (unpaired) electrons. The van der Waals surface area contributed by atoms with Crippen molar-refractivity contribution in [2.24, 2.45) is 10.8 Å². The van der Waals surface area contributed by atoms with E-state index in [-0.39, 0.29) is 5.41 Å². The summed E-state index contributed by atoms with van der Waals surface area (Å²) in [7, 11) is 2.15. The van der Waals surface area contributed by atoms with Gasteiger partial charge in [0.2, 0.25) is 5.91 Å². The summed E-state index contributed by atoms with van der Waals surface area (Å²) in [5, 5.41) is 0. The lowest BCUT2D eigenvalue weighted by Gasteiger charge is -2.54. The summed E-state index contributed by atoms with van der Waals surface area (Å²) in [6.45, 7) is 6.30. The van der Waals surface area contributed by atoms with Crippen molar-refractivity contribution in [2.75, 3.05) is 33.2 Å². The average molecular weight is 264 g/mol. The van der Waals surface area contributed by atoms with Crippen LogP contribution in [0.4, 0.5) is 0 Å². The van der Waals surface area contributed by atoms with Gasteiger partial charge < -0.3 is 9.80 Å². The molecule has 1 aliphatic heterocycles. The largest absolute Gasteiger partial charge is 0.340 e. The van der Waals surface area contributed by atoms with Gasteiger partial charge in [0, 0.05) is 31.6 Å². The molecule has 4 fully saturated rings. The van der Waals surface area contributed by atoms with Gasteiger partial charge in [-0.3, -0.25) is 4.79 Å². The van der Waals surface area contributed by atoms with Crippen molar-refractivity contribution in [1.29, 1.82) is 0 Å². The molecule has 2 bridgehead atoms. The fourth-order valence-electron chi connectivity index (χ4n) is 4.46. The van der Waals surface area contributed by atoms with Gasteiger partial charge in [-0.2, -0.15) is 0 Å². The van der Waals surface area contributed by atoms with Gasteiger partial charge in [-0.1, -0.05) is 13.3 Å². The molecule has 3 saturated carbocycles. The van der Waals surface area contributed by atoms with E-state index in [1.165, 1.54) is 25.7 Å². The molecule has 1 saturated heterocycles. The number of piperazine rings is 1. The normalized spacial score (nSPS) is 39.6. The van der Waals surface area contributed by atoms with E-state index < -0.39 is 0 Å². The van der Waals surface area contributed by atoms with Crippen LogP contribution in [0.15, 0.2) is 0 Å². The van der Waals surface area contributed by atoms with Crippen LogP contribution in [0.1, 0.15) is 51.9 Å². The minimum atomic E-state index is 0.0346. The number of hydrogen-bond acceptors (Lipinski definition) is 2. The monoisotopic (exact) mass is 264 g/mol. The third-order valence-electron chi connectivity index (χ3n) is 6.40. The van der Waals surface area contributed by atoms with Crippen LogP contribution in [0.2, 0.25) is 0 Å². The van der Waals surface area contributed by atoms with Gasteiger partial charge in [0.15, 0.2) is 0 Å². The molecule has 0 spiro atoms. The van der Waals surface area contributed by atoms with E-state index in [0.29, 0.717) is 11.3 Å². The van der Waals surface area contributed by atoms with Gasteiger partial charge in [-0.05, 0) is 51.0 Å². The predicted octanol–water partition coefficient (Wildman–Crippen LogP) is 2.51. The summed E-state index contributed by atoms with van der Waals surface area (Å²) in [6.07, 6.45) is 8.67. The number of likely N-dealkylation sites (N-methyl/N-ethyl adjacent to an activating group) is 1. The number of rotatable bonds is 2. The Morgan fingerprint density at radius 3 is 1.95 bits per heavy atom. The summed E-state index contributed by atoms with van der Waals surface area (Å²) in [5.74, 6) is 0.491. The topological polar surface area (TPSA) is 23.6 Å². The molecule has 3 aliphatic carbocycles. The Morgan fingerprint density at radius 2 is 1.47 bits per heavy atom. The molecule has 0 aromatic rings. The maximum atomic E-state index is 12.9. The number of fused-ring (bicyclic) bond motifs is 3. The number of carbonyl (C=O) groups excluding carboxylic acids is 1. The van der Waals surface area contributed by atoms with Gasteiger partial charge in [0.1, 0.15) is 0 Å². The Kier molecular flexibility index (Phi) is 3.36. The van der Waals surface area contributed by atoms with Crippen LogP contribution < -0.4 is 0 Å². The summed E-state index contributed by atoms with van der Waals surface area (Å²) >= 11 is 0. The van der Waals surface area contributed by atoms with E-state index >= 15 is 0 Å². The highest BCUT2D eigenvalue weighted by atomic mass is 16.2. The summed E-state index contributed by atoms with van der Waals surface area (Å²) in [6, 6.07) is 0. The molecule has 4 rings (SSSR count). The average Bonchev–Trinajstić information content (AvgIpc) is 2.49. The molecular weight excluding hydrogens is 236 g/mol. The van der Waals surface area contributed by atoms with Crippen LogP contribution >= 0.6 is 0 Å². The molecule has 0 N–H and O–H groups in total. The van der Waals surface area contributed by atoms with Crippen molar-refractivity contribution in [3.8, 4) is 0 Å². The fourth-order valence-corrected chi connectivity index (χ4v) is 4.46. The zero-order chi connectivity index (χ0) is 13.5. The lowest BCUT2D eigenvalue weighted by molar-refractivity contribution is -0.153. The van der Waals surface area contributed by atoms with Gasteiger partial charge in [-0.15, -0.1) is 0 Å². The highest BCUT2D eigenvalue weighted by Gasteiger charge is 2.52. The zero-order valence-electron chi connectivity index (χ0n) is 12.6. The Labute approximate surface area is 117 Å². The fraction of sp³-hybridized carbons (Fsp3) is 0.938. The first-order chi connectivity index (χ1) is 9.09. The second-order valence-electron chi connectivity index (χ2n) is 7.23. The van der Waals surface area contributed by atoms with E-state index in [1.54, 1.807) is 0 Å². The molecular formula is C16H28N2O. The lowest BCUT2D eigenvalue weighted by atomic mass is 9.52. The van der Waals surface area contributed by atoms with E-state index in [1.807, 2.05) is 0 Å². The van der Waals surface area contributed by atoms with E-state index in [2.05, 4.69) is 23.8 Å². The molecule has 0 unspecified atom stereocenters. The lowest BCUT2D eigenvalue weighted by Crippen LogP contribution is -2.55. The Morgan fingerprint density at radius 1 is 0.947 bits per heavy atom. The van der Waals surface area contributed by atoms with Crippen molar-refractivity contribution in [2.45, 2.75) is 51.9 Å². The number of hydrogen-bond donors (Lipinski definition) is 0. The van der Waals surface area contributed by atoms with Crippen LogP contribution in [-0.4, -0.2) is 48.9 Å². The van der Waals surface area contributed by atoms with Crippen LogP contribution in [0.3, 0.4) is 0 Å². The number of carbonyl (C=O) groups is 1. The van der Waals surface area contributed by atoms with Crippen molar-refractivity contribution < 1.29 is 4.79 Å². The van der Waals surface area contributed by atoms with Gasteiger partial charge in [0.25, 0.3) is 0 Å². The van der Waals surface area contributed by atoms with Gasteiger partial charge >= 0.3 is 0 Å². The second kappa shape index (κ2) is 4.76. The highest BCUT2D eigenvalue weighted by molar-refractivity contribution is 5.83. The number of amides is 1. The Hall–Kier alpha value is -0.570. The maximum Gasteiger partial charge on any atom is 0.228 e. The number of nitrogens with zero attached hydrogens (tertiary/aromatic N) is 2. The summed E-state index contributed by atoms with van der Waals surface area (Å²) < 4.78 is 0. The Balaban J connectivity index is 1.68. The van der Waals surface area contributed by atoms with Crippen molar-refractivity contribution >= 4 is 5.91 Å². The molecule has 1 amide bonds. The second-order valence-corrected chi connectivity index (χ2v) is 7.23. The highest BCUT2D eigenvalue weighted by Crippen LogP contribution is 2.58. The molecule has 1 heterocycles. The summed E-state index contributed by atoms with van der Waals surface area (Å²) in [5.41, 5.74) is 0.636. The van der Waals surface area contributed by atoms with Gasteiger partial charge in [0.05, 0.1) is 0 Å². The van der Waals surface area contributed by atoms with Gasteiger partial charge in [-0.25, -0.2) is 0 Å². The minimum absolute atomic E-state index is 0.0346. The molecule has 3 nitrogen and oxygen atoms in total. The first kappa shape index (κ1) is 13.4. The predicted molar refractivity (Wildman–Crippen MR) is 76.9 cm³/mol. The van der Waals surface area contributed by atoms with Crippen molar-refractivity contribution in [1.82, 2.24) is 9.80 Å². The SMILES string of the molecule is CCC12CCC(C(=O)N3CCN(C)CC3)(CC1)CC2. The molecule has 19 heavy (non-hydrogen) atoms. The van der Waals surface area contributed by atoms with Crippen molar-refractivity contribution in [3.05, 3.63) is 0 Å². The first-order valence-electron chi connectivity index (χ1n) is 8.07. The van der Waals surface area contributed by atoms with Crippen molar-refractivity contribution in [3.63, 3.8) is 0 Å². The standard InChI is InChI=1S/C16H28N2O/c1-3-15-4-7-16(8-5-15,9-6-15)14(19)18-12-10-17(2)11-13-18/h3-13H2,1-2H3. The smallest absolute Gasteiger partial charge is 0.228 e. The quantitative estimate of drug-likeness (QED) is 0.765. The molecule has 0 aromatic heterocycles. The van der Waals surface area contributed by atoms with E-state index in [0.717, 1.165) is 45.4 Å². The van der Waals surface area contributed by atoms with Crippen LogP contribution in [-0.2, 0) is 4.79 Å². The zero-order valence-corrected chi connectivity index (χ0v) is 12.6. The van der Waals surface area contributed by atoms with Crippen LogP contribution in [0.25, 0.3) is 0 Å². The Bertz CT molecular complexity index is 333. The third-order valence-corrected chi connectivity index (χ3v) is 6.40. The minimum Gasteiger partial charge on any atom is -0.340 e.